The maximum absolute atomic E-state index is 14.5. The summed E-state index contributed by atoms with van der Waals surface area (Å²) in [5.74, 6) is 0.118. The Morgan fingerprint density at radius 3 is 2.55 bits per heavy atom. The minimum absolute atomic E-state index is 0.0742. The topological polar surface area (TPSA) is 94.9 Å². The Labute approximate surface area is 193 Å². The number of aldehydes is 1. The molecule has 1 heterocycles. The van der Waals surface area contributed by atoms with Crippen molar-refractivity contribution in [1.29, 1.82) is 5.26 Å². The number of ether oxygens (including phenoxy) is 1. The van der Waals surface area contributed by atoms with Crippen molar-refractivity contribution in [3.8, 4) is 11.8 Å². The van der Waals surface area contributed by atoms with Crippen molar-refractivity contribution in [2.75, 3.05) is 34.3 Å². The van der Waals surface area contributed by atoms with Crippen LogP contribution >= 0.6 is 0 Å². The van der Waals surface area contributed by atoms with Crippen molar-refractivity contribution >= 4 is 23.5 Å². The SMILES string of the molecule is COc1ccc(/C(C=O)=C(/N=C(\N(C)C)N2CCC(N)CC2)c2ccccc2C#N)cc1F. The molecule has 0 amide bonds. The number of nitrogens with zero attached hydrogens (tertiary/aromatic N) is 4. The molecule has 0 aliphatic carbocycles. The number of aliphatic imine (C=N–C) groups is 1. The molecule has 2 aromatic rings. The summed E-state index contributed by atoms with van der Waals surface area (Å²) >= 11 is 0. The molecule has 2 N–H and O–H groups in total. The van der Waals surface area contributed by atoms with E-state index in [-0.39, 0.29) is 17.4 Å². The van der Waals surface area contributed by atoms with E-state index in [9.17, 15) is 14.4 Å². The van der Waals surface area contributed by atoms with E-state index in [1.807, 2.05) is 19.0 Å². The highest BCUT2D eigenvalue weighted by Crippen LogP contribution is 2.31. The van der Waals surface area contributed by atoms with Crippen LogP contribution in [0.1, 0.15) is 29.5 Å². The van der Waals surface area contributed by atoms with Crippen LogP contribution in [0.2, 0.25) is 0 Å². The first-order chi connectivity index (χ1) is 15.9. The first kappa shape index (κ1) is 24.0. The highest BCUT2D eigenvalue weighted by Gasteiger charge is 2.23. The van der Waals surface area contributed by atoms with Crippen LogP contribution in [-0.2, 0) is 4.79 Å². The zero-order chi connectivity index (χ0) is 24.0. The van der Waals surface area contributed by atoms with Gasteiger partial charge in [-0.2, -0.15) is 5.26 Å². The minimum atomic E-state index is -0.593. The Bertz CT molecular complexity index is 1110. The number of hydrogen-bond acceptors (Lipinski definition) is 5. The quantitative estimate of drug-likeness (QED) is 0.248. The summed E-state index contributed by atoms with van der Waals surface area (Å²) in [6.45, 7) is 1.44. The minimum Gasteiger partial charge on any atom is -0.494 e. The first-order valence-electron chi connectivity index (χ1n) is 10.7. The Hall–Kier alpha value is -3.70. The predicted octanol–water partition coefficient (Wildman–Crippen LogP) is 3.11. The molecule has 2 aromatic carbocycles. The molecule has 1 fully saturated rings. The van der Waals surface area contributed by atoms with Gasteiger partial charge in [-0.05, 0) is 36.6 Å². The lowest BCUT2D eigenvalue weighted by molar-refractivity contribution is -0.103. The van der Waals surface area contributed by atoms with E-state index in [2.05, 4.69) is 11.0 Å². The number of likely N-dealkylation sites (tertiary alicyclic amines) is 1. The van der Waals surface area contributed by atoms with Crippen LogP contribution in [0.15, 0.2) is 47.5 Å². The van der Waals surface area contributed by atoms with Crippen LogP contribution in [0.5, 0.6) is 5.75 Å². The number of allylic oxidation sites excluding steroid dienone is 1. The van der Waals surface area contributed by atoms with E-state index in [4.69, 9.17) is 15.5 Å². The molecule has 3 rings (SSSR count). The molecule has 172 valence electrons. The molecule has 0 atom stereocenters. The Balaban J connectivity index is 2.27. The molecule has 8 heteroatoms. The van der Waals surface area contributed by atoms with Gasteiger partial charge in [-0.3, -0.25) is 4.79 Å². The van der Waals surface area contributed by atoms with Gasteiger partial charge >= 0.3 is 0 Å². The van der Waals surface area contributed by atoms with E-state index in [1.54, 1.807) is 30.3 Å². The summed E-state index contributed by atoms with van der Waals surface area (Å²) in [5.41, 5.74) is 7.74. The average molecular weight is 450 g/mol. The van der Waals surface area contributed by atoms with E-state index < -0.39 is 5.82 Å². The second-order valence-electron chi connectivity index (χ2n) is 8.02. The number of carbonyl (C=O) groups excluding carboxylic acids is 1. The highest BCUT2D eigenvalue weighted by atomic mass is 19.1. The third-order valence-corrected chi connectivity index (χ3v) is 5.57. The number of halogens is 1. The highest BCUT2D eigenvalue weighted by molar-refractivity contribution is 6.18. The number of nitriles is 1. The van der Waals surface area contributed by atoms with Crippen LogP contribution in [0.3, 0.4) is 0 Å². The van der Waals surface area contributed by atoms with Crippen molar-refractivity contribution in [2.45, 2.75) is 18.9 Å². The maximum atomic E-state index is 14.5. The third kappa shape index (κ3) is 5.38. The van der Waals surface area contributed by atoms with Crippen LogP contribution in [-0.4, -0.2) is 62.4 Å². The van der Waals surface area contributed by atoms with Gasteiger partial charge in [-0.25, -0.2) is 9.38 Å². The number of guanidine groups is 1. The summed E-state index contributed by atoms with van der Waals surface area (Å²) in [4.78, 5) is 21.2. The Morgan fingerprint density at radius 2 is 1.97 bits per heavy atom. The van der Waals surface area contributed by atoms with Gasteiger partial charge in [0.2, 0.25) is 5.96 Å². The normalized spacial score (nSPS) is 15.5. The Kier molecular flexibility index (Phi) is 7.80. The van der Waals surface area contributed by atoms with Crippen molar-refractivity contribution in [2.24, 2.45) is 10.7 Å². The van der Waals surface area contributed by atoms with Gasteiger partial charge in [0.15, 0.2) is 17.9 Å². The first-order valence-corrected chi connectivity index (χ1v) is 10.7. The fourth-order valence-corrected chi connectivity index (χ4v) is 3.80. The second-order valence-corrected chi connectivity index (χ2v) is 8.02. The average Bonchev–Trinajstić information content (AvgIpc) is 2.82. The van der Waals surface area contributed by atoms with Crippen LogP contribution in [0.25, 0.3) is 11.3 Å². The summed E-state index contributed by atoms with van der Waals surface area (Å²) in [7, 11) is 5.12. The van der Waals surface area contributed by atoms with Gasteiger partial charge < -0.3 is 20.3 Å². The van der Waals surface area contributed by atoms with Gasteiger partial charge in [-0.1, -0.05) is 24.3 Å². The zero-order valence-corrected chi connectivity index (χ0v) is 19.1. The molecule has 0 unspecified atom stereocenters. The Morgan fingerprint density at radius 1 is 1.27 bits per heavy atom. The molecular formula is C25H28FN5O2. The molecule has 0 saturated carbocycles. The number of benzene rings is 2. The fraction of sp³-hybridized carbons (Fsp3) is 0.320. The lowest BCUT2D eigenvalue weighted by Crippen LogP contribution is -2.47. The summed E-state index contributed by atoms with van der Waals surface area (Å²) in [6.07, 6.45) is 2.30. The summed E-state index contributed by atoms with van der Waals surface area (Å²) in [6, 6.07) is 13.5. The van der Waals surface area contributed by atoms with Crippen molar-refractivity contribution < 1.29 is 13.9 Å². The molecule has 7 nitrogen and oxygen atoms in total. The van der Waals surface area contributed by atoms with Crippen molar-refractivity contribution in [1.82, 2.24) is 9.80 Å². The third-order valence-electron chi connectivity index (χ3n) is 5.57. The van der Waals surface area contributed by atoms with Gasteiger partial charge in [0.1, 0.15) is 0 Å². The lowest BCUT2D eigenvalue weighted by atomic mass is 9.97. The van der Waals surface area contributed by atoms with Gasteiger partial charge in [-0.15, -0.1) is 0 Å². The monoisotopic (exact) mass is 449 g/mol. The van der Waals surface area contributed by atoms with E-state index in [1.165, 1.54) is 19.2 Å². The zero-order valence-electron chi connectivity index (χ0n) is 19.1. The largest absolute Gasteiger partial charge is 0.494 e. The van der Waals surface area contributed by atoms with Gasteiger partial charge in [0.25, 0.3) is 0 Å². The second kappa shape index (κ2) is 10.7. The molecular weight excluding hydrogens is 421 g/mol. The van der Waals surface area contributed by atoms with Gasteiger partial charge in [0, 0.05) is 44.4 Å². The molecule has 1 aliphatic heterocycles. The van der Waals surface area contributed by atoms with Crippen molar-refractivity contribution in [3.05, 3.63) is 65.0 Å². The number of hydrogen-bond donors (Lipinski definition) is 1. The van der Waals surface area contributed by atoms with Gasteiger partial charge in [0.05, 0.1) is 24.4 Å². The molecule has 0 radical (unpaired) electrons. The fourth-order valence-electron chi connectivity index (χ4n) is 3.80. The summed E-state index contributed by atoms with van der Waals surface area (Å²) in [5, 5.41) is 9.71. The number of nitrogens with two attached hydrogens (primary N) is 1. The molecule has 0 aromatic heterocycles. The van der Waals surface area contributed by atoms with Crippen LogP contribution in [0.4, 0.5) is 4.39 Å². The smallest absolute Gasteiger partial charge is 0.201 e. The molecule has 33 heavy (non-hydrogen) atoms. The van der Waals surface area contributed by atoms with E-state index in [0.717, 1.165) is 25.9 Å². The van der Waals surface area contributed by atoms with Crippen LogP contribution < -0.4 is 10.5 Å². The molecule has 0 spiro atoms. The number of rotatable bonds is 5. The van der Waals surface area contributed by atoms with Crippen LogP contribution in [0, 0.1) is 17.1 Å². The molecule has 0 bridgehead atoms. The van der Waals surface area contributed by atoms with Crippen molar-refractivity contribution in [3.63, 3.8) is 0 Å². The maximum Gasteiger partial charge on any atom is 0.201 e. The number of methoxy groups -OCH3 is 1. The van der Waals surface area contributed by atoms with E-state index >= 15 is 0 Å². The molecule has 1 saturated heterocycles. The summed E-state index contributed by atoms with van der Waals surface area (Å²) < 4.78 is 19.5. The number of carbonyl (C=O) groups is 1. The molecule has 1 aliphatic rings. The van der Waals surface area contributed by atoms with E-state index in [0.29, 0.717) is 34.6 Å². The standard InChI is InChI=1S/C25H28FN5O2/c1-30(2)25(31-12-10-19(28)11-13-31)29-24(20-7-5-4-6-18(20)15-27)21(16-32)17-8-9-23(33-3)22(26)14-17/h4-9,14,16,19H,10-13,28H2,1-3H3/b24-21+,29-25+. The number of piperidine rings is 1. The lowest BCUT2D eigenvalue weighted by Gasteiger charge is -2.35. The predicted molar refractivity (Wildman–Crippen MR) is 127 cm³/mol.